The average Bonchev–Trinajstić information content (AvgIpc) is 3.17. The Morgan fingerprint density at radius 3 is 2.90 bits per heavy atom. The first-order valence-electron chi connectivity index (χ1n) is 7.01. The molecule has 3 rings (SSSR count). The van der Waals surface area contributed by atoms with E-state index in [0.717, 1.165) is 17.0 Å². The number of rotatable bonds is 7. The molecule has 0 unspecified atom stereocenters. The van der Waals surface area contributed by atoms with E-state index < -0.39 is 0 Å². The number of hydrogen-bond donors (Lipinski definition) is 1. The van der Waals surface area contributed by atoms with E-state index >= 15 is 0 Å². The van der Waals surface area contributed by atoms with Crippen LogP contribution in [0.5, 0.6) is 11.5 Å². The zero-order valence-electron chi connectivity index (χ0n) is 11.9. The molecule has 1 saturated carbocycles. The fraction of sp³-hybridized carbons (Fsp3) is 0.375. The molecule has 1 aliphatic carbocycles. The Morgan fingerprint density at radius 2 is 2.24 bits per heavy atom. The fourth-order valence-electron chi connectivity index (χ4n) is 2.10. The van der Waals surface area contributed by atoms with Gasteiger partial charge in [-0.05, 0) is 42.0 Å². The third-order valence-electron chi connectivity index (χ3n) is 3.40. The molecule has 0 amide bonds. The Kier molecular flexibility index (Phi) is 4.68. The summed E-state index contributed by atoms with van der Waals surface area (Å²) in [7, 11) is 1.64. The first-order chi connectivity index (χ1) is 10.3. The Hall–Kier alpha value is -1.23. The highest BCUT2D eigenvalue weighted by Gasteiger charge is 2.20. The van der Waals surface area contributed by atoms with Crippen LogP contribution in [0.1, 0.15) is 23.3 Å². The molecule has 2 aromatic rings. The highest BCUT2D eigenvalue weighted by Crippen LogP contribution is 2.37. The number of halogens is 1. The van der Waals surface area contributed by atoms with Crippen molar-refractivity contribution in [1.82, 2.24) is 5.32 Å². The fourth-order valence-corrected chi connectivity index (χ4v) is 3.01. The van der Waals surface area contributed by atoms with E-state index in [2.05, 4.69) is 5.32 Å². The van der Waals surface area contributed by atoms with E-state index in [-0.39, 0.29) is 0 Å². The highest BCUT2D eigenvalue weighted by molar-refractivity contribution is 7.09. The van der Waals surface area contributed by atoms with E-state index in [1.54, 1.807) is 18.4 Å². The molecule has 0 bridgehead atoms. The molecule has 1 aliphatic rings. The molecule has 0 saturated heterocycles. The first-order valence-corrected chi connectivity index (χ1v) is 8.27. The van der Waals surface area contributed by atoms with Crippen LogP contribution in [-0.4, -0.2) is 13.2 Å². The van der Waals surface area contributed by atoms with Crippen molar-refractivity contribution in [2.45, 2.75) is 32.0 Å². The zero-order valence-corrected chi connectivity index (χ0v) is 13.5. The molecule has 0 spiro atoms. The maximum absolute atomic E-state index is 6.36. The number of hydrogen-bond acceptors (Lipinski definition) is 4. The molecule has 0 atom stereocenters. The predicted octanol–water partition coefficient (Wildman–Crippen LogP) is 4.24. The Morgan fingerprint density at radius 1 is 1.38 bits per heavy atom. The summed E-state index contributed by atoms with van der Waals surface area (Å²) in [4.78, 5) is 1.16. The second kappa shape index (κ2) is 6.69. The van der Waals surface area contributed by atoms with Crippen molar-refractivity contribution in [2.75, 3.05) is 7.11 Å². The lowest BCUT2D eigenvalue weighted by atomic mass is 10.2. The SMILES string of the molecule is COc1cc(CNC2CC2)cc(Cl)c1OCc1cccs1. The van der Waals surface area contributed by atoms with Crippen LogP contribution in [0.4, 0.5) is 0 Å². The maximum Gasteiger partial charge on any atom is 0.180 e. The lowest BCUT2D eigenvalue weighted by Gasteiger charge is -2.14. The highest BCUT2D eigenvalue weighted by atomic mass is 35.5. The van der Waals surface area contributed by atoms with Gasteiger partial charge in [-0.1, -0.05) is 17.7 Å². The van der Waals surface area contributed by atoms with Crippen molar-refractivity contribution in [1.29, 1.82) is 0 Å². The van der Waals surface area contributed by atoms with Crippen molar-refractivity contribution in [3.05, 3.63) is 45.1 Å². The van der Waals surface area contributed by atoms with Gasteiger partial charge in [-0.15, -0.1) is 11.3 Å². The average molecular weight is 324 g/mol. The minimum atomic E-state index is 0.507. The summed E-state index contributed by atoms with van der Waals surface area (Å²) in [5.74, 6) is 1.30. The summed E-state index contributed by atoms with van der Waals surface area (Å²) in [5.41, 5.74) is 1.12. The summed E-state index contributed by atoms with van der Waals surface area (Å²) in [6.07, 6.45) is 2.54. The summed E-state index contributed by atoms with van der Waals surface area (Å²) in [6, 6.07) is 8.66. The van der Waals surface area contributed by atoms with Gasteiger partial charge in [0.05, 0.1) is 12.1 Å². The van der Waals surface area contributed by atoms with E-state index in [1.165, 1.54) is 12.8 Å². The van der Waals surface area contributed by atoms with Gasteiger partial charge in [0.25, 0.3) is 0 Å². The van der Waals surface area contributed by atoms with Gasteiger partial charge in [0.2, 0.25) is 0 Å². The molecule has 1 N–H and O–H groups in total. The second-order valence-electron chi connectivity index (χ2n) is 5.13. The van der Waals surface area contributed by atoms with Crippen molar-refractivity contribution in [3.63, 3.8) is 0 Å². The first kappa shape index (κ1) is 14.7. The van der Waals surface area contributed by atoms with Gasteiger partial charge >= 0.3 is 0 Å². The van der Waals surface area contributed by atoms with Crippen molar-refractivity contribution < 1.29 is 9.47 Å². The van der Waals surface area contributed by atoms with E-state index in [4.69, 9.17) is 21.1 Å². The minimum absolute atomic E-state index is 0.507. The third kappa shape index (κ3) is 3.90. The molecular weight excluding hydrogens is 306 g/mol. The molecular formula is C16H18ClNO2S. The quantitative estimate of drug-likeness (QED) is 0.826. The van der Waals surface area contributed by atoms with Crippen molar-refractivity contribution >= 4 is 22.9 Å². The minimum Gasteiger partial charge on any atom is -0.493 e. The topological polar surface area (TPSA) is 30.5 Å². The summed E-state index contributed by atoms with van der Waals surface area (Å²) >= 11 is 8.02. The maximum atomic E-state index is 6.36. The lowest BCUT2D eigenvalue weighted by Crippen LogP contribution is -2.15. The van der Waals surface area contributed by atoms with Gasteiger partial charge < -0.3 is 14.8 Å². The Bertz CT molecular complexity index is 597. The number of benzene rings is 1. The van der Waals surface area contributed by atoms with Crippen LogP contribution in [-0.2, 0) is 13.2 Å². The monoisotopic (exact) mass is 323 g/mol. The number of ether oxygens (including phenoxy) is 2. The van der Waals surface area contributed by atoms with Crippen LogP contribution < -0.4 is 14.8 Å². The lowest BCUT2D eigenvalue weighted by molar-refractivity contribution is 0.287. The van der Waals surface area contributed by atoms with Crippen LogP contribution in [0.25, 0.3) is 0 Å². The summed E-state index contributed by atoms with van der Waals surface area (Å²) < 4.78 is 11.3. The number of thiophene rings is 1. The third-order valence-corrected chi connectivity index (χ3v) is 4.53. The number of nitrogens with one attached hydrogen (secondary N) is 1. The van der Waals surface area contributed by atoms with Crippen LogP contribution in [0.3, 0.4) is 0 Å². The summed E-state index contributed by atoms with van der Waals surface area (Å²) in [6.45, 7) is 1.32. The van der Waals surface area contributed by atoms with Gasteiger partial charge in [0.1, 0.15) is 6.61 Å². The van der Waals surface area contributed by atoms with E-state index in [0.29, 0.717) is 29.2 Å². The molecule has 112 valence electrons. The molecule has 1 aromatic carbocycles. The van der Waals surface area contributed by atoms with Gasteiger partial charge in [-0.2, -0.15) is 0 Å². The smallest absolute Gasteiger partial charge is 0.180 e. The van der Waals surface area contributed by atoms with E-state index in [9.17, 15) is 0 Å². The molecule has 21 heavy (non-hydrogen) atoms. The van der Waals surface area contributed by atoms with Gasteiger partial charge in [0.15, 0.2) is 11.5 Å². The molecule has 1 aromatic heterocycles. The summed E-state index contributed by atoms with van der Waals surface area (Å²) in [5, 5.41) is 6.10. The molecule has 3 nitrogen and oxygen atoms in total. The van der Waals surface area contributed by atoms with Crippen LogP contribution in [0, 0.1) is 0 Å². The Labute approximate surface area is 133 Å². The standard InChI is InChI=1S/C16H18ClNO2S/c1-19-15-8-11(9-18-12-4-5-12)7-14(17)16(15)20-10-13-3-2-6-21-13/h2-3,6-8,12,18H,4-5,9-10H2,1H3. The molecule has 1 fully saturated rings. The molecule has 5 heteroatoms. The molecule has 0 aliphatic heterocycles. The van der Waals surface area contributed by atoms with Gasteiger partial charge in [0, 0.05) is 17.5 Å². The molecule has 1 heterocycles. The Balaban J connectivity index is 1.71. The van der Waals surface area contributed by atoms with Gasteiger partial charge in [-0.3, -0.25) is 0 Å². The normalized spacial score (nSPS) is 14.2. The van der Waals surface area contributed by atoms with Crippen LogP contribution >= 0.6 is 22.9 Å². The largest absolute Gasteiger partial charge is 0.493 e. The molecule has 0 radical (unpaired) electrons. The van der Waals surface area contributed by atoms with Crippen molar-refractivity contribution in [2.24, 2.45) is 0 Å². The van der Waals surface area contributed by atoms with Crippen molar-refractivity contribution in [3.8, 4) is 11.5 Å². The van der Waals surface area contributed by atoms with E-state index in [1.807, 2.05) is 29.6 Å². The van der Waals surface area contributed by atoms with Crippen LogP contribution in [0.15, 0.2) is 29.6 Å². The van der Waals surface area contributed by atoms with Crippen LogP contribution in [0.2, 0.25) is 5.02 Å². The van der Waals surface area contributed by atoms with Gasteiger partial charge in [-0.25, -0.2) is 0 Å². The zero-order chi connectivity index (χ0) is 14.7. The number of methoxy groups -OCH3 is 1. The second-order valence-corrected chi connectivity index (χ2v) is 6.57. The predicted molar refractivity (Wildman–Crippen MR) is 86.5 cm³/mol.